The van der Waals surface area contributed by atoms with Crippen LogP contribution in [0.1, 0.15) is 17.5 Å². The van der Waals surface area contributed by atoms with Crippen LogP contribution in [0.3, 0.4) is 0 Å². The van der Waals surface area contributed by atoms with E-state index in [-0.39, 0.29) is 17.4 Å². The fraction of sp³-hybridized carbons (Fsp3) is 0.500. The number of aryl methyl sites for hydroxylation is 2. The first-order valence-corrected chi connectivity index (χ1v) is 7.05. The Morgan fingerprint density at radius 1 is 1.47 bits per heavy atom. The predicted octanol–water partition coefficient (Wildman–Crippen LogP) is 1.77. The second-order valence-electron chi connectivity index (χ2n) is 3.31. The average Bonchev–Trinajstić information content (AvgIpc) is 2.58. The highest BCUT2D eigenvalue weighted by molar-refractivity contribution is 8.00. The van der Waals surface area contributed by atoms with Gasteiger partial charge in [0, 0.05) is 4.88 Å². The van der Waals surface area contributed by atoms with E-state index in [0.29, 0.717) is 5.13 Å². The number of nitrogens with one attached hydrogen (secondary N) is 1. The van der Waals surface area contributed by atoms with Gasteiger partial charge < -0.3 is 10.4 Å². The van der Waals surface area contributed by atoms with Crippen LogP contribution >= 0.6 is 23.1 Å². The number of amides is 1. The Bertz CT molecular complexity index is 418. The van der Waals surface area contributed by atoms with Crippen molar-refractivity contribution in [3.8, 4) is 0 Å². The lowest BCUT2D eigenvalue weighted by molar-refractivity contribution is -0.133. The van der Waals surface area contributed by atoms with Gasteiger partial charge in [0.25, 0.3) is 0 Å². The summed E-state index contributed by atoms with van der Waals surface area (Å²) in [4.78, 5) is 27.1. The van der Waals surface area contributed by atoms with E-state index in [9.17, 15) is 9.59 Å². The number of rotatable bonds is 6. The summed E-state index contributed by atoms with van der Waals surface area (Å²) in [6.07, 6.45) is 0.839. The molecule has 17 heavy (non-hydrogen) atoms. The Kier molecular flexibility index (Phi) is 5.43. The molecular formula is C10H14N2O3S2. The van der Waals surface area contributed by atoms with E-state index in [1.54, 1.807) is 0 Å². The molecule has 0 saturated heterocycles. The highest BCUT2D eigenvalue weighted by Crippen LogP contribution is 2.22. The Morgan fingerprint density at radius 2 is 2.18 bits per heavy atom. The summed E-state index contributed by atoms with van der Waals surface area (Å²) in [6, 6.07) is 0. The lowest BCUT2D eigenvalue weighted by atomic mass is 10.3. The van der Waals surface area contributed by atoms with E-state index < -0.39 is 5.97 Å². The maximum absolute atomic E-state index is 11.4. The smallest absolute Gasteiger partial charge is 0.313 e. The van der Waals surface area contributed by atoms with Gasteiger partial charge in [-0.3, -0.25) is 9.59 Å². The molecule has 0 fully saturated rings. The van der Waals surface area contributed by atoms with Crippen molar-refractivity contribution < 1.29 is 14.7 Å². The first-order chi connectivity index (χ1) is 8.02. The van der Waals surface area contributed by atoms with Crippen LogP contribution in [-0.4, -0.2) is 33.5 Å². The van der Waals surface area contributed by atoms with Gasteiger partial charge in [-0.1, -0.05) is 6.92 Å². The van der Waals surface area contributed by atoms with Crippen LogP contribution in [0.4, 0.5) is 5.13 Å². The van der Waals surface area contributed by atoms with Crippen LogP contribution in [0.25, 0.3) is 0 Å². The third kappa shape index (κ3) is 4.74. The van der Waals surface area contributed by atoms with E-state index in [0.717, 1.165) is 28.8 Å². The summed E-state index contributed by atoms with van der Waals surface area (Å²) in [6.45, 7) is 3.97. The van der Waals surface area contributed by atoms with Gasteiger partial charge in [-0.25, -0.2) is 4.98 Å². The molecule has 0 aromatic carbocycles. The largest absolute Gasteiger partial charge is 0.481 e. The van der Waals surface area contributed by atoms with Crippen LogP contribution < -0.4 is 5.32 Å². The van der Waals surface area contributed by atoms with E-state index in [4.69, 9.17) is 5.11 Å². The molecule has 0 bridgehead atoms. The van der Waals surface area contributed by atoms with Gasteiger partial charge in [0.2, 0.25) is 5.91 Å². The number of thioether (sulfide) groups is 1. The van der Waals surface area contributed by atoms with Crippen molar-refractivity contribution in [3.63, 3.8) is 0 Å². The number of aliphatic carboxylic acids is 1. The normalized spacial score (nSPS) is 10.2. The van der Waals surface area contributed by atoms with Gasteiger partial charge in [0.15, 0.2) is 5.13 Å². The molecule has 0 atom stereocenters. The first-order valence-electron chi connectivity index (χ1n) is 5.08. The van der Waals surface area contributed by atoms with Crippen molar-refractivity contribution in [2.75, 3.05) is 16.8 Å². The average molecular weight is 274 g/mol. The van der Waals surface area contributed by atoms with Crippen LogP contribution in [0, 0.1) is 6.92 Å². The highest BCUT2D eigenvalue weighted by Gasteiger charge is 2.09. The summed E-state index contributed by atoms with van der Waals surface area (Å²) in [7, 11) is 0. The van der Waals surface area contributed by atoms with Crippen LogP contribution in [0.2, 0.25) is 0 Å². The second-order valence-corrected chi connectivity index (χ2v) is 5.50. The summed E-state index contributed by atoms with van der Waals surface area (Å²) in [5.74, 6) is -1.06. The third-order valence-corrected chi connectivity index (χ3v) is 3.78. The number of carboxylic acid groups (broad SMARTS) is 1. The lowest BCUT2D eigenvalue weighted by Crippen LogP contribution is -2.15. The number of hydrogen-bond acceptors (Lipinski definition) is 5. The molecule has 5 nitrogen and oxygen atoms in total. The Morgan fingerprint density at radius 3 is 2.71 bits per heavy atom. The molecule has 94 valence electrons. The maximum atomic E-state index is 11.4. The number of carbonyl (C=O) groups is 2. The maximum Gasteiger partial charge on any atom is 0.313 e. The van der Waals surface area contributed by atoms with Crippen LogP contribution in [0.15, 0.2) is 0 Å². The van der Waals surface area contributed by atoms with Gasteiger partial charge in [-0.2, -0.15) is 0 Å². The van der Waals surface area contributed by atoms with Crippen molar-refractivity contribution in [2.45, 2.75) is 20.3 Å². The molecule has 2 N–H and O–H groups in total. The van der Waals surface area contributed by atoms with E-state index in [1.165, 1.54) is 11.3 Å². The number of anilines is 1. The molecule has 1 heterocycles. The number of nitrogens with zero attached hydrogens (tertiary/aromatic N) is 1. The summed E-state index contributed by atoms with van der Waals surface area (Å²) in [5, 5.41) is 11.7. The monoisotopic (exact) mass is 274 g/mol. The molecule has 0 radical (unpaired) electrons. The zero-order chi connectivity index (χ0) is 12.8. The zero-order valence-corrected chi connectivity index (χ0v) is 11.3. The van der Waals surface area contributed by atoms with Crippen molar-refractivity contribution in [3.05, 3.63) is 10.6 Å². The molecular weight excluding hydrogens is 260 g/mol. The minimum Gasteiger partial charge on any atom is -0.481 e. The standard InChI is InChI=1S/C10H14N2O3S2/c1-3-7-6(2)17-10(11-7)12-8(13)4-16-5-9(14)15/h3-5H2,1-2H3,(H,14,15)(H,11,12,13). The molecule has 1 aromatic heterocycles. The van der Waals surface area contributed by atoms with Gasteiger partial charge in [-0.15, -0.1) is 23.1 Å². The summed E-state index contributed by atoms with van der Waals surface area (Å²) >= 11 is 2.51. The van der Waals surface area contributed by atoms with Gasteiger partial charge in [0.1, 0.15) is 0 Å². The molecule has 0 unspecified atom stereocenters. The van der Waals surface area contributed by atoms with Crippen LogP contribution in [-0.2, 0) is 16.0 Å². The fourth-order valence-corrected chi connectivity index (χ4v) is 2.65. The topological polar surface area (TPSA) is 79.3 Å². The number of carboxylic acids is 1. The number of thiazole rings is 1. The second kappa shape index (κ2) is 6.61. The van der Waals surface area contributed by atoms with Crippen molar-refractivity contribution in [2.24, 2.45) is 0 Å². The minimum absolute atomic E-state index is 0.0650. The molecule has 0 spiro atoms. The third-order valence-electron chi connectivity index (χ3n) is 1.93. The number of aromatic nitrogens is 1. The summed E-state index contributed by atoms with van der Waals surface area (Å²) in [5.41, 5.74) is 0.989. The molecule has 0 saturated carbocycles. The first kappa shape index (κ1) is 14.0. The van der Waals surface area contributed by atoms with Crippen molar-refractivity contribution >= 4 is 40.1 Å². The van der Waals surface area contributed by atoms with Gasteiger partial charge >= 0.3 is 5.97 Å². The van der Waals surface area contributed by atoms with E-state index >= 15 is 0 Å². The Labute approximate surface area is 108 Å². The Hall–Kier alpha value is -1.08. The van der Waals surface area contributed by atoms with Crippen molar-refractivity contribution in [1.29, 1.82) is 0 Å². The van der Waals surface area contributed by atoms with Gasteiger partial charge in [0.05, 0.1) is 17.2 Å². The summed E-state index contributed by atoms with van der Waals surface area (Å²) < 4.78 is 0. The number of hydrogen-bond donors (Lipinski definition) is 2. The van der Waals surface area contributed by atoms with Crippen molar-refractivity contribution in [1.82, 2.24) is 4.98 Å². The molecule has 0 aliphatic carbocycles. The predicted molar refractivity (Wildman–Crippen MR) is 69.8 cm³/mol. The molecule has 0 aliphatic heterocycles. The fourth-order valence-electron chi connectivity index (χ4n) is 1.20. The molecule has 1 rings (SSSR count). The quantitative estimate of drug-likeness (QED) is 0.826. The zero-order valence-electron chi connectivity index (χ0n) is 9.65. The number of carbonyl (C=O) groups excluding carboxylic acids is 1. The lowest BCUT2D eigenvalue weighted by Gasteiger charge is -1.99. The molecule has 0 aliphatic rings. The molecule has 1 amide bonds. The molecule has 1 aromatic rings. The van der Waals surface area contributed by atoms with Gasteiger partial charge in [-0.05, 0) is 13.3 Å². The molecule has 7 heteroatoms. The highest BCUT2D eigenvalue weighted by atomic mass is 32.2. The SMILES string of the molecule is CCc1nc(NC(=O)CSCC(=O)O)sc1C. The minimum atomic E-state index is -0.916. The van der Waals surface area contributed by atoms with E-state index in [2.05, 4.69) is 10.3 Å². The van der Waals surface area contributed by atoms with E-state index in [1.807, 2.05) is 13.8 Å². The van der Waals surface area contributed by atoms with Crippen LogP contribution in [0.5, 0.6) is 0 Å². The Balaban J connectivity index is 2.42.